The summed E-state index contributed by atoms with van der Waals surface area (Å²) in [6.45, 7) is 8.78. The van der Waals surface area contributed by atoms with Crippen molar-refractivity contribution in [1.29, 1.82) is 0 Å². The number of hydrogen-bond acceptors (Lipinski definition) is 4. The molecule has 0 saturated heterocycles. The third-order valence-corrected chi connectivity index (χ3v) is 6.94. The molecule has 0 heterocycles. The molecule has 0 saturated carbocycles. The summed E-state index contributed by atoms with van der Waals surface area (Å²) in [7, 11) is 0. The first-order chi connectivity index (χ1) is 17.3. The topological polar surface area (TPSA) is 76.7 Å². The van der Waals surface area contributed by atoms with Crippen LogP contribution in [0.2, 0.25) is 0 Å². The summed E-state index contributed by atoms with van der Waals surface area (Å²) in [5, 5.41) is 5.54. The number of hydrogen-bond donors (Lipinski definition) is 2. The summed E-state index contributed by atoms with van der Waals surface area (Å²) >= 11 is 0. The van der Waals surface area contributed by atoms with Crippen LogP contribution in [0.5, 0.6) is 0 Å². The predicted octanol–water partition coefficient (Wildman–Crippen LogP) is 7.82. The van der Waals surface area contributed by atoms with Crippen molar-refractivity contribution in [2.24, 2.45) is 17.3 Å². The van der Waals surface area contributed by atoms with E-state index < -0.39 is 17.6 Å². The second-order valence-corrected chi connectivity index (χ2v) is 9.91. The Kier molecular flexibility index (Phi) is 9.74. The van der Waals surface area contributed by atoms with Crippen LogP contribution >= 0.6 is 0 Å². The molecule has 36 heavy (non-hydrogen) atoms. The third-order valence-electron chi connectivity index (χ3n) is 6.94. The van der Waals surface area contributed by atoms with Gasteiger partial charge < -0.3 is 9.47 Å². The molecule has 2 amide bonds. The fraction of sp³-hybridized carbons (Fsp3) is 0.400. The van der Waals surface area contributed by atoms with Crippen molar-refractivity contribution in [2.45, 2.75) is 47.0 Å². The van der Waals surface area contributed by atoms with Gasteiger partial charge in [-0.25, -0.2) is 9.59 Å². The van der Waals surface area contributed by atoms with Crippen LogP contribution in [0.15, 0.2) is 84.0 Å². The lowest BCUT2D eigenvalue weighted by molar-refractivity contribution is -0.0318. The Morgan fingerprint density at radius 1 is 0.889 bits per heavy atom. The number of amides is 2. The summed E-state index contributed by atoms with van der Waals surface area (Å²) in [6.07, 6.45) is 6.36. The minimum Gasteiger partial charge on any atom is -0.449 e. The summed E-state index contributed by atoms with van der Waals surface area (Å²) in [5.41, 5.74) is 3.51. The van der Waals surface area contributed by atoms with E-state index in [1.165, 1.54) is 11.1 Å². The van der Waals surface area contributed by atoms with E-state index in [9.17, 15) is 9.59 Å². The zero-order valence-electron chi connectivity index (χ0n) is 21.8. The molecule has 0 aliphatic heterocycles. The Morgan fingerprint density at radius 3 is 1.83 bits per heavy atom. The predicted molar refractivity (Wildman–Crippen MR) is 145 cm³/mol. The minimum absolute atomic E-state index is 0.0528. The highest BCUT2D eigenvalue weighted by atomic mass is 16.6. The Morgan fingerprint density at radius 2 is 1.39 bits per heavy atom. The number of anilines is 2. The Labute approximate surface area is 214 Å². The number of rotatable bonds is 9. The van der Waals surface area contributed by atoms with Gasteiger partial charge in [0.2, 0.25) is 0 Å². The highest BCUT2D eigenvalue weighted by molar-refractivity contribution is 5.85. The molecular formula is C30H38N2O4. The maximum absolute atomic E-state index is 12.6. The van der Waals surface area contributed by atoms with Crippen molar-refractivity contribution in [1.82, 2.24) is 0 Å². The standard InChI is InChI=1S/C30H38N2O4/c1-22(2)12-11-13-25-18-23(3)30(24(4)19-25,20-35-28(33)31-26-14-7-5-8-15-26)21-36-29(34)32-27-16-9-6-10-17-27/h5-10,12,14-18,23-24H,11,13,19-21H2,1-4H3,(H,31,33)(H,32,34). The molecule has 0 aromatic heterocycles. The largest absolute Gasteiger partial charge is 0.449 e. The van der Waals surface area contributed by atoms with E-state index in [1.54, 1.807) is 24.3 Å². The van der Waals surface area contributed by atoms with E-state index >= 15 is 0 Å². The van der Waals surface area contributed by atoms with Crippen molar-refractivity contribution in [3.63, 3.8) is 0 Å². The second kappa shape index (κ2) is 13.0. The van der Waals surface area contributed by atoms with Crippen molar-refractivity contribution in [2.75, 3.05) is 23.8 Å². The molecule has 2 atom stereocenters. The van der Waals surface area contributed by atoms with Crippen molar-refractivity contribution in [3.8, 4) is 0 Å². The molecule has 0 radical (unpaired) electrons. The zero-order chi connectivity index (χ0) is 26.0. The number of ether oxygens (including phenoxy) is 2. The second-order valence-electron chi connectivity index (χ2n) is 9.91. The van der Waals surface area contributed by atoms with Gasteiger partial charge in [-0.1, -0.05) is 73.5 Å². The third kappa shape index (κ3) is 7.74. The smallest absolute Gasteiger partial charge is 0.411 e. The molecule has 6 heteroatoms. The van der Waals surface area contributed by atoms with E-state index in [1.807, 2.05) is 36.4 Å². The first kappa shape index (κ1) is 27.1. The molecule has 0 fully saturated rings. The number of nitrogens with one attached hydrogen (secondary N) is 2. The summed E-state index contributed by atoms with van der Waals surface area (Å²) in [4.78, 5) is 25.2. The fourth-order valence-electron chi connectivity index (χ4n) is 4.70. The van der Waals surface area contributed by atoms with Gasteiger partial charge in [0.1, 0.15) is 13.2 Å². The van der Waals surface area contributed by atoms with Crippen LogP contribution in [0.1, 0.15) is 47.0 Å². The van der Waals surface area contributed by atoms with E-state index in [4.69, 9.17) is 9.47 Å². The maximum atomic E-state index is 12.6. The van der Waals surface area contributed by atoms with Crippen LogP contribution in [0.4, 0.5) is 21.0 Å². The first-order valence-corrected chi connectivity index (χ1v) is 12.6. The van der Waals surface area contributed by atoms with Crippen molar-refractivity contribution in [3.05, 3.63) is 84.0 Å². The molecular weight excluding hydrogens is 452 g/mol. The SMILES string of the molecule is CC(C)=CCCC1=CC(C)C(COC(=O)Nc2ccccc2)(COC(=O)Nc2ccccc2)C(C)C1. The number of benzene rings is 2. The van der Waals surface area contributed by atoms with Crippen LogP contribution in [0.3, 0.4) is 0 Å². The van der Waals surface area contributed by atoms with Crippen molar-refractivity contribution >= 4 is 23.6 Å². The van der Waals surface area contributed by atoms with Gasteiger partial charge in [-0.3, -0.25) is 10.6 Å². The Bertz CT molecular complexity index is 1000. The lowest BCUT2D eigenvalue weighted by Gasteiger charge is -2.45. The van der Waals surface area contributed by atoms with Crippen LogP contribution in [0, 0.1) is 17.3 Å². The lowest BCUT2D eigenvalue weighted by atomic mass is 9.62. The highest BCUT2D eigenvalue weighted by Crippen LogP contribution is 2.46. The van der Waals surface area contributed by atoms with Crippen LogP contribution in [-0.2, 0) is 9.47 Å². The molecule has 1 aliphatic rings. The van der Waals surface area contributed by atoms with E-state index in [-0.39, 0.29) is 25.0 Å². The van der Waals surface area contributed by atoms with Gasteiger partial charge >= 0.3 is 12.2 Å². The summed E-state index contributed by atoms with van der Waals surface area (Å²) < 4.78 is 11.5. The van der Waals surface area contributed by atoms with E-state index in [0.717, 1.165) is 19.3 Å². The number of para-hydroxylation sites is 2. The van der Waals surface area contributed by atoms with Gasteiger partial charge in [-0.15, -0.1) is 0 Å². The molecule has 0 spiro atoms. The van der Waals surface area contributed by atoms with Gasteiger partial charge in [0, 0.05) is 16.8 Å². The molecule has 2 aromatic rings. The molecule has 2 unspecified atom stereocenters. The number of carbonyl (C=O) groups excluding carboxylic acids is 2. The van der Waals surface area contributed by atoms with Gasteiger partial charge in [0.05, 0.1) is 0 Å². The molecule has 0 bridgehead atoms. The van der Waals surface area contributed by atoms with Crippen LogP contribution in [0.25, 0.3) is 0 Å². The Balaban J connectivity index is 1.71. The van der Waals surface area contributed by atoms with Crippen LogP contribution < -0.4 is 10.6 Å². The molecule has 192 valence electrons. The summed E-state index contributed by atoms with van der Waals surface area (Å²) in [6, 6.07) is 18.4. The average Bonchev–Trinajstić information content (AvgIpc) is 2.84. The molecule has 2 aromatic carbocycles. The van der Waals surface area contributed by atoms with Gasteiger partial charge in [0.15, 0.2) is 0 Å². The minimum atomic E-state index is -0.540. The van der Waals surface area contributed by atoms with Crippen LogP contribution in [-0.4, -0.2) is 25.4 Å². The zero-order valence-corrected chi connectivity index (χ0v) is 21.8. The quantitative estimate of drug-likeness (QED) is 0.351. The Hall–Kier alpha value is -3.54. The monoisotopic (exact) mass is 490 g/mol. The first-order valence-electron chi connectivity index (χ1n) is 12.6. The van der Waals surface area contributed by atoms with E-state index in [0.29, 0.717) is 11.4 Å². The highest BCUT2D eigenvalue weighted by Gasteiger charge is 2.46. The fourth-order valence-corrected chi connectivity index (χ4v) is 4.70. The van der Waals surface area contributed by atoms with Gasteiger partial charge in [-0.2, -0.15) is 0 Å². The van der Waals surface area contributed by atoms with Gasteiger partial charge in [0.25, 0.3) is 0 Å². The molecule has 2 N–H and O–H groups in total. The number of allylic oxidation sites excluding steroid dienone is 4. The maximum Gasteiger partial charge on any atom is 0.411 e. The number of carbonyl (C=O) groups is 2. The lowest BCUT2D eigenvalue weighted by Crippen LogP contribution is -2.47. The molecule has 1 aliphatic carbocycles. The van der Waals surface area contributed by atoms with Crippen molar-refractivity contribution < 1.29 is 19.1 Å². The molecule has 6 nitrogen and oxygen atoms in total. The normalized spacial score (nSPS) is 18.4. The molecule has 3 rings (SSSR count). The average molecular weight is 491 g/mol. The van der Waals surface area contributed by atoms with Gasteiger partial charge in [-0.05, 0) is 69.2 Å². The van der Waals surface area contributed by atoms with E-state index in [2.05, 4.69) is 50.5 Å². The summed E-state index contributed by atoms with van der Waals surface area (Å²) in [5.74, 6) is 0.199.